The Balaban J connectivity index is 2.29. The van der Waals surface area contributed by atoms with E-state index >= 15 is 0 Å². The zero-order valence-corrected chi connectivity index (χ0v) is 14.2. The van der Waals surface area contributed by atoms with Crippen LogP contribution >= 0.6 is 27.3 Å². The van der Waals surface area contributed by atoms with Crippen molar-refractivity contribution in [2.75, 3.05) is 32.7 Å². The summed E-state index contributed by atoms with van der Waals surface area (Å²) in [5, 5.41) is 0. The van der Waals surface area contributed by atoms with Gasteiger partial charge in [0.05, 0.1) is 3.79 Å². The van der Waals surface area contributed by atoms with Gasteiger partial charge < -0.3 is 4.90 Å². The lowest BCUT2D eigenvalue weighted by molar-refractivity contribution is 0.240. The molecule has 0 bridgehead atoms. The highest BCUT2D eigenvalue weighted by Gasteiger charge is 2.06. The summed E-state index contributed by atoms with van der Waals surface area (Å²) in [6.45, 7) is 13.7. The Morgan fingerprint density at radius 2 is 1.61 bits per heavy atom. The van der Waals surface area contributed by atoms with Gasteiger partial charge in [-0.3, -0.25) is 4.90 Å². The van der Waals surface area contributed by atoms with Crippen molar-refractivity contribution in [3.05, 3.63) is 20.8 Å². The van der Waals surface area contributed by atoms with Gasteiger partial charge in [0.2, 0.25) is 0 Å². The normalized spacial score (nSPS) is 11.7. The first kappa shape index (κ1) is 16.2. The molecule has 104 valence electrons. The molecule has 0 unspecified atom stereocenters. The molecule has 0 N–H and O–H groups in total. The van der Waals surface area contributed by atoms with Crippen molar-refractivity contribution in [3.8, 4) is 0 Å². The lowest BCUT2D eigenvalue weighted by atomic mass is 10.3. The van der Waals surface area contributed by atoms with Crippen LogP contribution in [0.1, 0.15) is 32.1 Å². The van der Waals surface area contributed by atoms with Crippen LogP contribution in [0.2, 0.25) is 0 Å². The van der Waals surface area contributed by atoms with Crippen molar-refractivity contribution in [3.63, 3.8) is 0 Å². The number of rotatable bonds is 9. The van der Waals surface area contributed by atoms with Crippen LogP contribution in [-0.2, 0) is 6.54 Å². The first-order valence-corrected chi connectivity index (χ1v) is 8.49. The Morgan fingerprint density at radius 1 is 1.00 bits per heavy atom. The minimum atomic E-state index is 1.09. The fourth-order valence-corrected chi connectivity index (χ4v) is 3.59. The summed E-state index contributed by atoms with van der Waals surface area (Å²) >= 11 is 5.37. The molecule has 1 aromatic rings. The molecular weight excluding hydrogens is 308 g/mol. The number of thiophene rings is 1. The highest BCUT2D eigenvalue weighted by molar-refractivity contribution is 9.11. The predicted octanol–water partition coefficient (Wildman–Crippen LogP) is 4.06. The van der Waals surface area contributed by atoms with E-state index in [2.05, 4.69) is 58.6 Å². The standard InChI is InChI=1S/C14H25BrN2S/c1-4-16(5-2)10-7-11-17(6-3)12-13-8-9-14(15)18-13/h8-9H,4-7,10-12H2,1-3H3. The van der Waals surface area contributed by atoms with E-state index in [9.17, 15) is 0 Å². The largest absolute Gasteiger partial charge is 0.304 e. The zero-order chi connectivity index (χ0) is 13.4. The average molecular weight is 333 g/mol. The second-order valence-electron chi connectivity index (χ2n) is 4.46. The third-order valence-electron chi connectivity index (χ3n) is 3.30. The first-order chi connectivity index (χ1) is 8.69. The van der Waals surface area contributed by atoms with Crippen molar-refractivity contribution in [2.45, 2.75) is 33.7 Å². The van der Waals surface area contributed by atoms with Gasteiger partial charge in [-0.25, -0.2) is 0 Å². The molecule has 0 radical (unpaired) electrons. The Morgan fingerprint density at radius 3 is 2.11 bits per heavy atom. The third-order valence-corrected chi connectivity index (χ3v) is 4.91. The Bertz CT molecular complexity index is 323. The quantitative estimate of drug-likeness (QED) is 0.672. The topological polar surface area (TPSA) is 6.48 Å². The molecule has 1 heterocycles. The molecule has 0 saturated carbocycles. The monoisotopic (exact) mass is 332 g/mol. The Kier molecular flexibility index (Phi) is 8.15. The summed E-state index contributed by atoms with van der Waals surface area (Å²) in [6, 6.07) is 4.37. The lowest BCUT2D eigenvalue weighted by Gasteiger charge is -2.22. The molecule has 1 aromatic heterocycles. The van der Waals surface area contributed by atoms with E-state index in [1.165, 1.54) is 41.3 Å². The van der Waals surface area contributed by atoms with Crippen LogP contribution in [-0.4, -0.2) is 42.5 Å². The molecule has 18 heavy (non-hydrogen) atoms. The van der Waals surface area contributed by atoms with Crippen LogP contribution in [0.25, 0.3) is 0 Å². The van der Waals surface area contributed by atoms with Crippen LogP contribution in [0.15, 0.2) is 15.9 Å². The van der Waals surface area contributed by atoms with Crippen molar-refractivity contribution >= 4 is 27.3 Å². The highest BCUT2D eigenvalue weighted by atomic mass is 79.9. The molecule has 0 amide bonds. The van der Waals surface area contributed by atoms with Crippen molar-refractivity contribution in [2.24, 2.45) is 0 Å². The van der Waals surface area contributed by atoms with Gasteiger partial charge in [0.25, 0.3) is 0 Å². The molecule has 4 heteroatoms. The summed E-state index contributed by atoms with van der Waals surface area (Å²) < 4.78 is 1.23. The fourth-order valence-electron chi connectivity index (χ4n) is 2.06. The van der Waals surface area contributed by atoms with Gasteiger partial charge in [-0.05, 0) is 67.2 Å². The first-order valence-electron chi connectivity index (χ1n) is 6.88. The highest BCUT2D eigenvalue weighted by Crippen LogP contribution is 2.23. The second-order valence-corrected chi connectivity index (χ2v) is 7.00. The molecular formula is C14H25BrN2S. The smallest absolute Gasteiger partial charge is 0.0701 e. The summed E-state index contributed by atoms with van der Waals surface area (Å²) in [4.78, 5) is 6.48. The molecule has 0 saturated heterocycles. The van der Waals surface area contributed by atoms with E-state index in [4.69, 9.17) is 0 Å². The van der Waals surface area contributed by atoms with Gasteiger partial charge in [0, 0.05) is 11.4 Å². The molecule has 0 atom stereocenters. The van der Waals surface area contributed by atoms with Crippen LogP contribution in [0.4, 0.5) is 0 Å². The van der Waals surface area contributed by atoms with Crippen molar-refractivity contribution in [1.82, 2.24) is 9.80 Å². The molecule has 0 spiro atoms. The Labute approximate surface area is 124 Å². The van der Waals surface area contributed by atoms with E-state index in [1.54, 1.807) is 0 Å². The Hall–Kier alpha value is 0.1000. The van der Waals surface area contributed by atoms with Crippen molar-refractivity contribution in [1.29, 1.82) is 0 Å². The fraction of sp³-hybridized carbons (Fsp3) is 0.714. The van der Waals surface area contributed by atoms with E-state index in [0.29, 0.717) is 0 Å². The van der Waals surface area contributed by atoms with Crippen LogP contribution in [0, 0.1) is 0 Å². The van der Waals surface area contributed by atoms with Gasteiger partial charge in [0.1, 0.15) is 0 Å². The maximum absolute atomic E-state index is 3.53. The predicted molar refractivity (Wildman–Crippen MR) is 85.4 cm³/mol. The molecule has 2 nitrogen and oxygen atoms in total. The third kappa shape index (κ3) is 5.83. The summed E-state index contributed by atoms with van der Waals surface area (Å²) in [5.74, 6) is 0. The molecule has 1 rings (SSSR count). The van der Waals surface area contributed by atoms with Crippen LogP contribution < -0.4 is 0 Å². The van der Waals surface area contributed by atoms with Gasteiger partial charge in [-0.2, -0.15) is 0 Å². The maximum atomic E-state index is 3.53. The minimum Gasteiger partial charge on any atom is -0.304 e. The molecule has 0 aromatic carbocycles. The van der Waals surface area contributed by atoms with Gasteiger partial charge in [-0.15, -0.1) is 11.3 Å². The summed E-state index contributed by atoms with van der Waals surface area (Å²) in [6.07, 6.45) is 1.27. The number of hydrogen-bond donors (Lipinski definition) is 0. The van der Waals surface area contributed by atoms with E-state index in [-0.39, 0.29) is 0 Å². The van der Waals surface area contributed by atoms with E-state index in [0.717, 1.165) is 13.1 Å². The van der Waals surface area contributed by atoms with E-state index in [1.807, 2.05) is 11.3 Å². The second kappa shape index (κ2) is 9.08. The number of nitrogens with zero attached hydrogens (tertiary/aromatic N) is 2. The molecule has 0 aliphatic carbocycles. The molecule has 0 fully saturated rings. The number of hydrogen-bond acceptors (Lipinski definition) is 3. The van der Waals surface area contributed by atoms with Gasteiger partial charge >= 0.3 is 0 Å². The van der Waals surface area contributed by atoms with E-state index < -0.39 is 0 Å². The summed E-state index contributed by atoms with van der Waals surface area (Å²) in [7, 11) is 0. The van der Waals surface area contributed by atoms with Crippen LogP contribution in [0.3, 0.4) is 0 Å². The summed E-state index contributed by atoms with van der Waals surface area (Å²) in [5.41, 5.74) is 0. The lowest BCUT2D eigenvalue weighted by Crippen LogP contribution is -2.29. The van der Waals surface area contributed by atoms with Crippen molar-refractivity contribution < 1.29 is 0 Å². The zero-order valence-electron chi connectivity index (χ0n) is 11.8. The number of halogens is 1. The van der Waals surface area contributed by atoms with Gasteiger partial charge in [-0.1, -0.05) is 20.8 Å². The SMILES string of the molecule is CCN(CC)CCCN(CC)Cc1ccc(Br)s1. The minimum absolute atomic E-state index is 1.09. The molecule has 0 aliphatic rings. The average Bonchev–Trinajstić information content (AvgIpc) is 2.78. The molecule has 0 aliphatic heterocycles. The maximum Gasteiger partial charge on any atom is 0.0701 e. The van der Waals surface area contributed by atoms with Gasteiger partial charge in [0.15, 0.2) is 0 Å². The van der Waals surface area contributed by atoms with Crippen LogP contribution in [0.5, 0.6) is 0 Å².